The molecule has 0 aromatic heterocycles. The molecule has 1 aliphatic heterocycles. The van der Waals surface area contributed by atoms with Crippen molar-refractivity contribution >= 4 is 23.3 Å². The summed E-state index contributed by atoms with van der Waals surface area (Å²) in [6.07, 6.45) is 1.27. The zero-order valence-electron chi connectivity index (χ0n) is 12.3. The summed E-state index contributed by atoms with van der Waals surface area (Å²) >= 11 is 0. The third-order valence-corrected chi connectivity index (χ3v) is 3.62. The van der Waals surface area contributed by atoms with Crippen LogP contribution in [0.25, 0.3) is 0 Å². The van der Waals surface area contributed by atoms with E-state index >= 15 is 0 Å². The zero-order chi connectivity index (χ0) is 15.4. The third kappa shape index (κ3) is 3.52. The Hall–Kier alpha value is -2.08. The smallest absolute Gasteiger partial charge is 0.305 e. The second kappa shape index (κ2) is 6.58. The molecule has 0 radical (unpaired) electrons. The first-order valence-electron chi connectivity index (χ1n) is 6.88. The number of hydrogen-bond acceptors (Lipinski definition) is 4. The van der Waals surface area contributed by atoms with Gasteiger partial charge in [0.05, 0.1) is 6.42 Å². The number of rotatable bonds is 6. The van der Waals surface area contributed by atoms with Gasteiger partial charge in [-0.1, -0.05) is 0 Å². The summed E-state index contributed by atoms with van der Waals surface area (Å²) in [5.74, 6) is -0.743. The fourth-order valence-electron chi connectivity index (χ4n) is 2.45. The first-order chi connectivity index (χ1) is 10.0. The van der Waals surface area contributed by atoms with Crippen molar-refractivity contribution in [3.63, 3.8) is 0 Å². The number of nitrogens with zero attached hydrogens (tertiary/aromatic N) is 2. The third-order valence-electron chi connectivity index (χ3n) is 3.62. The molecule has 0 atom stereocenters. The van der Waals surface area contributed by atoms with E-state index in [-0.39, 0.29) is 19.1 Å². The molecule has 1 aromatic rings. The number of ether oxygens (including phenoxy) is 1. The highest BCUT2D eigenvalue weighted by Crippen LogP contribution is 2.31. The molecule has 1 N–H and O–H groups in total. The maximum Gasteiger partial charge on any atom is 0.305 e. The van der Waals surface area contributed by atoms with Gasteiger partial charge in [-0.25, -0.2) is 0 Å². The minimum atomic E-state index is -0.809. The number of fused-ring (bicyclic) bond motifs is 1. The Balaban J connectivity index is 2.19. The van der Waals surface area contributed by atoms with Gasteiger partial charge in [0.15, 0.2) is 0 Å². The van der Waals surface area contributed by atoms with Gasteiger partial charge in [-0.05, 0) is 30.2 Å². The SMILES string of the molecule is COCN1C(=O)CCc2cc(N(C)CCC(=O)O)ccc21. The molecule has 1 aromatic carbocycles. The zero-order valence-corrected chi connectivity index (χ0v) is 12.3. The van der Waals surface area contributed by atoms with Crippen LogP contribution < -0.4 is 9.80 Å². The van der Waals surface area contributed by atoms with Crippen LogP contribution in [0.3, 0.4) is 0 Å². The molecule has 0 saturated heterocycles. The van der Waals surface area contributed by atoms with Crippen LogP contribution in [0.5, 0.6) is 0 Å². The van der Waals surface area contributed by atoms with Gasteiger partial charge in [0, 0.05) is 38.5 Å². The Morgan fingerprint density at radius 1 is 1.43 bits per heavy atom. The minimum absolute atomic E-state index is 0.0660. The van der Waals surface area contributed by atoms with E-state index in [1.807, 2.05) is 30.1 Å². The lowest BCUT2D eigenvalue weighted by atomic mass is 10.0. The van der Waals surface area contributed by atoms with Crippen LogP contribution >= 0.6 is 0 Å². The van der Waals surface area contributed by atoms with Crippen molar-refractivity contribution in [3.05, 3.63) is 23.8 Å². The second-order valence-electron chi connectivity index (χ2n) is 5.12. The largest absolute Gasteiger partial charge is 0.481 e. The van der Waals surface area contributed by atoms with E-state index in [0.29, 0.717) is 19.4 Å². The number of carboxylic acids is 1. The molecule has 0 saturated carbocycles. The molecular formula is C15H20N2O4. The van der Waals surface area contributed by atoms with Crippen molar-refractivity contribution in [1.82, 2.24) is 0 Å². The molecular weight excluding hydrogens is 272 g/mol. The number of carbonyl (C=O) groups is 2. The van der Waals surface area contributed by atoms with Crippen LogP contribution in [-0.2, 0) is 20.7 Å². The molecule has 21 heavy (non-hydrogen) atoms. The van der Waals surface area contributed by atoms with E-state index in [1.165, 1.54) is 0 Å². The van der Waals surface area contributed by atoms with Crippen molar-refractivity contribution in [2.75, 3.05) is 37.2 Å². The number of anilines is 2. The van der Waals surface area contributed by atoms with Crippen LogP contribution in [0.15, 0.2) is 18.2 Å². The summed E-state index contributed by atoms with van der Waals surface area (Å²) < 4.78 is 5.08. The van der Waals surface area contributed by atoms with Crippen molar-refractivity contribution in [2.24, 2.45) is 0 Å². The quantitative estimate of drug-likeness (QED) is 0.860. The summed E-state index contributed by atoms with van der Waals surface area (Å²) in [7, 11) is 3.43. The van der Waals surface area contributed by atoms with Crippen LogP contribution in [0.4, 0.5) is 11.4 Å². The van der Waals surface area contributed by atoms with Gasteiger partial charge in [-0.2, -0.15) is 0 Å². The standard InChI is InChI=1S/C15H20N2O4/c1-16(8-7-15(19)20)12-4-5-13-11(9-12)3-6-14(18)17(13)10-21-2/h4-5,9H,3,6-8,10H2,1-2H3,(H,19,20). The molecule has 0 fully saturated rings. The average molecular weight is 292 g/mol. The predicted octanol–water partition coefficient (Wildman–Crippen LogP) is 1.48. The summed E-state index contributed by atoms with van der Waals surface area (Å²) in [6.45, 7) is 0.703. The Bertz CT molecular complexity index is 544. The maximum atomic E-state index is 11.9. The summed E-state index contributed by atoms with van der Waals surface area (Å²) in [6, 6.07) is 5.83. The minimum Gasteiger partial charge on any atom is -0.481 e. The van der Waals surface area contributed by atoms with Crippen LogP contribution in [0.2, 0.25) is 0 Å². The van der Waals surface area contributed by atoms with Gasteiger partial charge in [-0.3, -0.25) is 14.5 Å². The van der Waals surface area contributed by atoms with Gasteiger partial charge in [0.25, 0.3) is 0 Å². The lowest BCUT2D eigenvalue weighted by Gasteiger charge is -2.30. The second-order valence-corrected chi connectivity index (χ2v) is 5.12. The number of methoxy groups -OCH3 is 1. The van der Waals surface area contributed by atoms with Crippen LogP contribution in [0, 0.1) is 0 Å². The topological polar surface area (TPSA) is 70.1 Å². The van der Waals surface area contributed by atoms with Crippen molar-refractivity contribution in [2.45, 2.75) is 19.3 Å². The summed E-state index contributed by atoms with van der Waals surface area (Å²) in [4.78, 5) is 26.1. The van der Waals surface area contributed by atoms with Crippen molar-refractivity contribution in [1.29, 1.82) is 0 Å². The number of carbonyl (C=O) groups excluding carboxylic acids is 1. The van der Waals surface area contributed by atoms with Crippen LogP contribution in [-0.4, -0.2) is 44.4 Å². The molecule has 0 unspecified atom stereocenters. The molecule has 114 valence electrons. The van der Waals surface area contributed by atoms with E-state index in [2.05, 4.69) is 0 Å². The van der Waals surface area contributed by atoms with E-state index in [9.17, 15) is 9.59 Å². The molecule has 1 aliphatic rings. The number of hydrogen-bond donors (Lipinski definition) is 1. The first-order valence-corrected chi connectivity index (χ1v) is 6.88. The van der Waals surface area contributed by atoms with E-state index in [0.717, 1.165) is 16.9 Å². The normalized spacial score (nSPS) is 14.0. The highest BCUT2D eigenvalue weighted by atomic mass is 16.5. The Labute approximate surface area is 123 Å². The molecule has 6 heteroatoms. The Kier molecular flexibility index (Phi) is 4.80. The monoisotopic (exact) mass is 292 g/mol. The number of carboxylic acid groups (broad SMARTS) is 1. The van der Waals surface area contributed by atoms with E-state index in [4.69, 9.17) is 9.84 Å². The van der Waals surface area contributed by atoms with Gasteiger partial charge >= 0.3 is 5.97 Å². The average Bonchev–Trinajstić information content (AvgIpc) is 2.47. The molecule has 2 rings (SSSR count). The molecule has 6 nitrogen and oxygen atoms in total. The lowest BCUT2D eigenvalue weighted by Crippen LogP contribution is -2.36. The molecule has 1 amide bonds. The van der Waals surface area contributed by atoms with E-state index in [1.54, 1.807) is 12.0 Å². The van der Waals surface area contributed by atoms with Gasteiger partial charge in [-0.15, -0.1) is 0 Å². The number of benzene rings is 1. The van der Waals surface area contributed by atoms with Gasteiger partial charge in [0.1, 0.15) is 6.73 Å². The van der Waals surface area contributed by atoms with Gasteiger partial charge < -0.3 is 14.7 Å². The number of amides is 1. The first kappa shape index (κ1) is 15.3. The predicted molar refractivity (Wildman–Crippen MR) is 79.6 cm³/mol. The number of aryl methyl sites for hydroxylation is 1. The Morgan fingerprint density at radius 2 is 2.19 bits per heavy atom. The highest BCUT2D eigenvalue weighted by molar-refractivity contribution is 5.96. The molecule has 1 heterocycles. The van der Waals surface area contributed by atoms with Gasteiger partial charge in [0.2, 0.25) is 5.91 Å². The molecule has 0 bridgehead atoms. The highest BCUT2D eigenvalue weighted by Gasteiger charge is 2.24. The maximum absolute atomic E-state index is 11.9. The van der Waals surface area contributed by atoms with Crippen molar-refractivity contribution in [3.8, 4) is 0 Å². The molecule has 0 spiro atoms. The molecule has 0 aliphatic carbocycles. The summed E-state index contributed by atoms with van der Waals surface area (Å²) in [5, 5.41) is 8.74. The van der Waals surface area contributed by atoms with E-state index < -0.39 is 5.97 Å². The Morgan fingerprint density at radius 3 is 2.86 bits per heavy atom. The fraction of sp³-hybridized carbons (Fsp3) is 0.467. The van der Waals surface area contributed by atoms with Crippen LogP contribution in [0.1, 0.15) is 18.4 Å². The lowest BCUT2D eigenvalue weighted by molar-refractivity contribution is -0.136. The fourth-order valence-corrected chi connectivity index (χ4v) is 2.45. The number of aliphatic carboxylic acids is 1. The summed E-state index contributed by atoms with van der Waals surface area (Å²) in [5.41, 5.74) is 2.93. The van der Waals surface area contributed by atoms with Crippen molar-refractivity contribution < 1.29 is 19.4 Å².